The summed E-state index contributed by atoms with van der Waals surface area (Å²) >= 11 is 2.63. The standard InChI is InChI=1S/C6H8Se/c7-6-4-2-1-3-5-6/h1-4,6-7H,5H2. The van der Waals surface area contributed by atoms with Gasteiger partial charge in [0, 0.05) is 0 Å². The molecule has 1 unspecified atom stereocenters. The Bertz CT molecular complexity index is 103. The fourth-order valence-electron chi connectivity index (χ4n) is 0.568. The van der Waals surface area contributed by atoms with Crippen LogP contribution in [-0.2, 0) is 0 Å². The summed E-state index contributed by atoms with van der Waals surface area (Å²) in [5, 5.41) is 0. The number of hydrogen-bond donors (Lipinski definition) is 0. The van der Waals surface area contributed by atoms with Crippen LogP contribution in [0, 0.1) is 0 Å². The van der Waals surface area contributed by atoms with E-state index < -0.39 is 0 Å². The molecule has 1 rings (SSSR count). The second kappa shape index (κ2) is 2.34. The Labute approximate surface area is 52.1 Å². The summed E-state index contributed by atoms with van der Waals surface area (Å²) in [4.78, 5) is 0.706. The fraction of sp³-hybridized carbons (Fsp3) is 0.333. The molecule has 0 spiro atoms. The van der Waals surface area contributed by atoms with Crippen LogP contribution in [0.1, 0.15) is 6.42 Å². The summed E-state index contributed by atoms with van der Waals surface area (Å²) in [6.45, 7) is 0. The molecule has 0 heterocycles. The van der Waals surface area contributed by atoms with Gasteiger partial charge in [0.1, 0.15) is 0 Å². The van der Waals surface area contributed by atoms with E-state index in [4.69, 9.17) is 0 Å². The third-order valence-electron chi connectivity index (χ3n) is 0.958. The third kappa shape index (κ3) is 1.50. The van der Waals surface area contributed by atoms with E-state index in [1.54, 1.807) is 0 Å². The molecule has 0 aromatic rings. The van der Waals surface area contributed by atoms with Gasteiger partial charge < -0.3 is 0 Å². The van der Waals surface area contributed by atoms with Gasteiger partial charge in [-0.15, -0.1) is 0 Å². The van der Waals surface area contributed by atoms with Crippen molar-refractivity contribution in [3.63, 3.8) is 0 Å². The fourth-order valence-corrected chi connectivity index (χ4v) is 1.03. The molecule has 0 radical (unpaired) electrons. The van der Waals surface area contributed by atoms with Crippen molar-refractivity contribution in [3.8, 4) is 0 Å². The quantitative estimate of drug-likeness (QED) is 0.466. The first kappa shape index (κ1) is 5.14. The Hall–Kier alpha value is -0.000519. The first-order valence-corrected chi connectivity index (χ1v) is 3.49. The van der Waals surface area contributed by atoms with Gasteiger partial charge in [-0.3, -0.25) is 0 Å². The topological polar surface area (TPSA) is 0 Å². The molecule has 7 heavy (non-hydrogen) atoms. The van der Waals surface area contributed by atoms with Crippen LogP contribution in [0.25, 0.3) is 0 Å². The molecule has 1 atom stereocenters. The van der Waals surface area contributed by atoms with Crippen molar-refractivity contribution in [1.29, 1.82) is 0 Å². The van der Waals surface area contributed by atoms with Crippen LogP contribution in [0.2, 0.25) is 4.82 Å². The summed E-state index contributed by atoms with van der Waals surface area (Å²) in [6.07, 6.45) is 9.75. The first-order valence-electron chi connectivity index (χ1n) is 2.41. The van der Waals surface area contributed by atoms with E-state index in [1.807, 2.05) is 0 Å². The van der Waals surface area contributed by atoms with Gasteiger partial charge in [-0.25, -0.2) is 0 Å². The second-order valence-electron chi connectivity index (χ2n) is 1.62. The molecule has 0 aromatic carbocycles. The molecular weight excluding hydrogens is 151 g/mol. The Morgan fingerprint density at radius 2 is 2.29 bits per heavy atom. The molecule has 0 fully saturated rings. The van der Waals surface area contributed by atoms with Gasteiger partial charge in [-0.2, -0.15) is 0 Å². The van der Waals surface area contributed by atoms with Crippen molar-refractivity contribution in [2.45, 2.75) is 11.2 Å². The minimum atomic E-state index is 0.706. The zero-order chi connectivity index (χ0) is 5.11. The Balaban J connectivity index is 2.49. The molecule has 0 saturated heterocycles. The molecular formula is C6H8Se. The predicted molar refractivity (Wildman–Crippen MR) is 33.8 cm³/mol. The monoisotopic (exact) mass is 160 g/mol. The molecule has 1 heteroatoms. The van der Waals surface area contributed by atoms with Gasteiger partial charge in [0.2, 0.25) is 0 Å². The number of hydrogen-bond acceptors (Lipinski definition) is 0. The van der Waals surface area contributed by atoms with Crippen LogP contribution >= 0.6 is 0 Å². The van der Waals surface area contributed by atoms with E-state index in [0.29, 0.717) is 4.82 Å². The Morgan fingerprint density at radius 3 is 2.57 bits per heavy atom. The Kier molecular flexibility index (Phi) is 1.72. The van der Waals surface area contributed by atoms with Gasteiger partial charge >= 0.3 is 51.6 Å². The van der Waals surface area contributed by atoms with E-state index in [2.05, 4.69) is 40.3 Å². The number of rotatable bonds is 0. The average Bonchev–Trinajstić information content (AvgIpc) is 1.69. The molecule has 1 aliphatic carbocycles. The molecule has 0 bridgehead atoms. The normalized spacial score (nSPS) is 28.4. The Morgan fingerprint density at radius 1 is 1.43 bits per heavy atom. The molecule has 0 aromatic heterocycles. The second-order valence-corrected chi connectivity index (χ2v) is 3.01. The zero-order valence-electron chi connectivity index (χ0n) is 4.04. The molecule has 0 amide bonds. The summed E-state index contributed by atoms with van der Waals surface area (Å²) in [7, 11) is 0. The van der Waals surface area contributed by atoms with Crippen molar-refractivity contribution in [3.05, 3.63) is 24.3 Å². The summed E-state index contributed by atoms with van der Waals surface area (Å²) in [5.41, 5.74) is 0. The van der Waals surface area contributed by atoms with E-state index >= 15 is 0 Å². The van der Waals surface area contributed by atoms with E-state index in [1.165, 1.54) is 6.42 Å². The van der Waals surface area contributed by atoms with Crippen molar-refractivity contribution in [2.75, 3.05) is 0 Å². The van der Waals surface area contributed by atoms with Crippen LogP contribution in [0.3, 0.4) is 0 Å². The average molecular weight is 159 g/mol. The van der Waals surface area contributed by atoms with Crippen LogP contribution < -0.4 is 0 Å². The van der Waals surface area contributed by atoms with Crippen LogP contribution in [-0.4, -0.2) is 16.0 Å². The van der Waals surface area contributed by atoms with E-state index in [0.717, 1.165) is 0 Å². The summed E-state index contributed by atoms with van der Waals surface area (Å²) in [5.74, 6) is 0. The van der Waals surface area contributed by atoms with Crippen LogP contribution in [0.15, 0.2) is 24.3 Å². The molecule has 0 N–H and O–H groups in total. The summed E-state index contributed by atoms with van der Waals surface area (Å²) < 4.78 is 0. The van der Waals surface area contributed by atoms with Gasteiger partial charge in [-0.05, 0) is 0 Å². The molecule has 0 aliphatic heterocycles. The third-order valence-corrected chi connectivity index (χ3v) is 1.76. The molecule has 38 valence electrons. The molecule has 0 nitrogen and oxygen atoms in total. The van der Waals surface area contributed by atoms with Crippen molar-refractivity contribution in [1.82, 2.24) is 0 Å². The summed E-state index contributed by atoms with van der Waals surface area (Å²) in [6, 6.07) is 0. The van der Waals surface area contributed by atoms with Crippen molar-refractivity contribution >= 4 is 16.0 Å². The molecule has 0 saturated carbocycles. The van der Waals surface area contributed by atoms with Crippen molar-refractivity contribution < 1.29 is 0 Å². The zero-order valence-corrected chi connectivity index (χ0v) is 5.92. The van der Waals surface area contributed by atoms with Crippen molar-refractivity contribution in [2.24, 2.45) is 0 Å². The minimum absolute atomic E-state index is 0.706. The molecule has 1 aliphatic rings. The SMILES string of the molecule is [SeH]C1C=CC=CC1. The van der Waals surface area contributed by atoms with Gasteiger partial charge in [0.05, 0.1) is 0 Å². The maximum absolute atomic E-state index is 2.63. The van der Waals surface area contributed by atoms with E-state index in [9.17, 15) is 0 Å². The van der Waals surface area contributed by atoms with Crippen LogP contribution in [0.4, 0.5) is 0 Å². The van der Waals surface area contributed by atoms with Crippen LogP contribution in [0.5, 0.6) is 0 Å². The van der Waals surface area contributed by atoms with Gasteiger partial charge in [0.25, 0.3) is 0 Å². The van der Waals surface area contributed by atoms with Gasteiger partial charge in [0.15, 0.2) is 0 Å². The first-order chi connectivity index (χ1) is 3.39. The van der Waals surface area contributed by atoms with E-state index in [-0.39, 0.29) is 0 Å². The number of allylic oxidation sites excluding steroid dienone is 4. The predicted octanol–water partition coefficient (Wildman–Crippen LogP) is 1.19. The maximum atomic E-state index is 2.63. The van der Waals surface area contributed by atoms with Gasteiger partial charge in [-0.1, -0.05) is 0 Å².